The number of cyclic esters (lactones) is 1. The molecule has 3 rings (SSSR count). The van der Waals surface area contributed by atoms with E-state index in [9.17, 15) is 4.79 Å². The second-order valence-corrected chi connectivity index (χ2v) is 4.61. The number of fused-ring (bicyclic) bond motifs is 1. The fourth-order valence-corrected chi connectivity index (χ4v) is 2.39. The number of hydrogen-bond donors (Lipinski definition) is 0. The summed E-state index contributed by atoms with van der Waals surface area (Å²) in [6, 6.07) is 17.9. The van der Waals surface area contributed by atoms with Gasteiger partial charge in [0.15, 0.2) is 0 Å². The van der Waals surface area contributed by atoms with Crippen LogP contribution >= 0.6 is 0 Å². The van der Waals surface area contributed by atoms with E-state index in [-0.39, 0.29) is 11.9 Å². The van der Waals surface area contributed by atoms with Crippen LogP contribution in [0.15, 0.2) is 66.9 Å². The van der Waals surface area contributed by atoms with Crippen molar-refractivity contribution in [2.75, 3.05) is 0 Å². The normalized spacial score (nSPS) is 18.1. The van der Waals surface area contributed by atoms with Gasteiger partial charge in [0.2, 0.25) is 0 Å². The molecule has 1 heterocycles. The third kappa shape index (κ3) is 2.43. The Morgan fingerprint density at radius 2 is 1.68 bits per heavy atom. The molecular weight excluding hydrogens is 236 g/mol. The van der Waals surface area contributed by atoms with Gasteiger partial charge in [0, 0.05) is 5.92 Å². The molecule has 1 atom stereocenters. The molecule has 2 nitrogen and oxygen atoms in total. The minimum Gasteiger partial charge on any atom is -0.431 e. The zero-order valence-electron chi connectivity index (χ0n) is 10.5. The molecule has 0 bridgehead atoms. The first kappa shape index (κ1) is 11.7. The van der Waals surface area contributed by atoms with E-state index in [4.69, 9.17) is 4.74 Å². The van der Waals surface area contributed by atoms with Gasteiger partial charge in [0.25, 0.3) is 0 Å². The van der Waals surface area contributed by atoms with E-state index in [2.05, 4.69) is 12.1 Å². The summed E-state index contributed by atoms with van der Waals surface area (Å²) in [5.41, 5.74) is 2.92. The van der Waals surface area contributed by atoms with Crippen molar-refractivity contribution >= 4 is 5.97 Å². The number of allylic oxidation sites excluding steroid dienone is 1. The van der Waals surface area contributed by atoms with Crippen LogP contribution in [0.4, 0.5) is 0 Å². The van der Waals surface area contributed by atoms with E-state index in [1.54, 1.807) is 0 Å². The molecule has 0 unspecified atom stereocenters. The zero-order chi connectivity index (χ0) is 13.1. The zero-order valence-corrected chi connectivity index (χ0v) is 10.5. The second-order valence-electron chi connectivity index (χ2n) is 4.61. The maximum absolute atomic E-state index is 11.8. The molecule has 2 aromatic rings. The van der Waals surface area contributed by atoms with E-state index in [1.165, 1.54) is 11.8 Å². The predicted molar refractivity (Wildman–Crippen MR) is 73.9 cm³/mol. The Labute approximate surface area is 112 Å². The monoisotopic (exact) mass is 250 g/mol. The summed E-state index contributed by atoms with van der Waals surface area (Å²) >= 11 is 0. The van der Waals surface area contributed by atoms with Crippen molar-refractivity contribution in [2.24, 2.45) is 0 Å². The summed E-state index contributed by atoms with van der Waals surface area (Å²) in [5, 5.41) is 0. The molecule has 0 saturated heterocycles. The summed E-state index contributed by atoms with van der Waals surface area (Å²) in [7, 11) is 0. The molecule has 1 aliphatic rings. The lowest BCUT2D eigenvalue weighted by molar-refractivity contribution is 0.0658. The molecule has 0 radical (unpaired) electrons. The molecular formula is C17H14O2. The van der Waals surface area contributed by atoms with Gasteiger partial charge in [-0.1, -0.05) is 48.5 Å². The van der Waals surface area contributed by atoms with Crippen molar-refractivity contribution in [2.45, 2.75) is 12.3 Å². The van der Waals surface area contributed by atoms with Crippen LogP contribution in [0.2, 0.25) is 0 Å². The van der Waals surface area contributed by atoms with Gasteiger partial charge in [-0.05, 0) is 29.7 Å². The van der Waals surface area contributed by atoms with Crippen LogP contribution in [0.25, 0.3) is 0 Å². The maximum Gasteiger partial charge on any atom is 0.343 e. The van der Waals surface area contributed by atoms with E-state index in [1.807, 2.05) is 48.5 Å². The molecule has 0 aliphatic carbocycles. The molecule has 2 aromatic carbocycles. The summed E-state index contributed by atoms with van der Waals surface area (Å²) in [4.78, 5) is 11.8. The third-order valence-electron chi connectivity index (χ3n) is 3.39. The number of rotatable bonds is 1. The highest BCUT2D eigenvalue weighted by molar-refractivity contribution is 5.91. The Morgan fingerprint density at radius 3 is 2.53 bits per heavy atom. The first-order chi connectivity index (χ1) is 9.34. The lowest BCUT2D eigenvalue weighted by atomic mass is 9.89. The van der Waals surface area contributed by atoms with E-state index >= 15 is 0 Å². The molecule has 0 N–H and O–H groups in total. The van der Waals surface area contributed by atoms with Gasteiger partial charge in [-0.15, -0.1) is 0 Å². The smallest absolute Gasteiger partial charge is 0.343 e. The number of esters is 1. The van der Waals surface area contributed by atoms with Gasteiger partial charge in [-0.2, -0.15) is 0 Å². The molecule has 0 amide bonds. The molecule has 0 spiro atoms. The van der Waals surface area contributed by atoms with Crippen molar-refractivity contribution in [1.29, 1.82) is 0 Å². The average Bonchev–Trinajstić information content (AvgIpc) is 2.45. The quantitative estimate of drug-likeness (QED) is 0.721. The average molecular weight is 250 g/mol. The Bertz CT molecular complexity index is 614. The first-order valence-electron chi connectivity index (χ1n) is 6.35. The highest BCUT2D eigenvalue weighted by Gasteiger charge is 2.18. The standard InChI is InChI=1S/C17H14O2/c18-17-16-9-5-4-8-15(16)12-14(10-11-19-17)13-6-2-1-3-7-13/h1-11,14H,12H2/t14-/m1/s1. The third-order valence-corrected chi connectivity index (χ3v) is 3.39. The topological polar surface area (TPSA) is 26.3 Å². The molecule has 2 heteroatoms. The molecule has 19 heavy (non-hydrogen) atoms. The van der Waals surface area contributed by atoms with Crippen molar-refractivity contribution in [3.63, 3.8) is 0 Å². The lowest BCUT2D eigenvalue weighted by Gasteiger charge is -2.17. The highest BCUT2D eigenvalue weighted by Crippen LogP contribution is 2.26. The van der Waals surface area contributed by atoms with Crippen LogP contribution in [0.3, 0.4) is 0 Å². The number of carbonyl (C=O) groups is 1. The highest BCUT2D eigenvalue weighted by atomic mass is 16.5. The van der Waals surface area contributed by atoms with Crippen LogP contribution in [0, 0.1) is 0 Å². The van der Waals surface area contributed by atoms with Crippen LogP contribution in [0.1, 0.15) is 27.4 Å². The Balaban J connectivity index is 2.00. The number of benzene rings is 2. The Kier molecular flexibility index (Phi) is 3.15. The minimum absolute atomic E-state index is 0.232. The van der Waals surface area contributed by atoms with Crippen molar-refractivity contribution < 1.29 is 9.53 Å². The Morgan fingerprint density at radius 1 is 0.947 bits per heavy atom. The van der Waals surface area contributed by atoms with Crippen molar-refractivity contribution in [1.82, 2.24) is 0 Å². The molecule has 94 valence electrons. The van der Waals surface area contributed by atoms with Crippen molar-refractivity contribution in [3.8, 4) is 0 Å². The van der Waals surface area contributed by atoms with Gasteiger partial charge in [0.1, 0.15) is 0 Å². The van der Waals surface area contributed by atoms with Gasteiger partial charge in [-0.3, -0.25) is 0 Å². The van der Waals surface area contributed by atoms with Crippen LogP contribution in [-0.2, 0) is 11.2 Å². The predicted octanol–water partition coefficient (Wildman–Crippen LogP) is 3.70. The van der Waals surface area contributed by atoms with E-state index in [0.29, 0.717) is 5.56 Å². The van der Waals surface area contributed by atoms with Crippen LogP contribution < -0.4 is 0 Å². The van der Waals surface area contributed by atoms with E-state index in [0.717, 1.165) is 12.0 Å². The number of carbonyl (C=O) groups excluding carboxylic acids is 1. The summed E-state index contributed by atoms with van der Waals surface area (Å²) in [6.45, 7) is 0. The lowest BCUT2D eigenvalue weighted by Crippen LogP contribution is -2.11. The SMILES string of the molecule is O=C1OC=C[C@@H](c2ccccc2)Cc2ccccc21. The fourth-order valence-electron chi connectivity index (χ4n) is 2.39. The minimum atomic E-state index is -0.279. The maximum atomic E-state index is 11.8. The summed E-state index contributed by atoms with van der Waals surface area (Å²) in [6.07, 6.45) is 4.27. The van der Waals surface area contributed by atoms with Crippen molar-refractivity contribution in [3.05, 3.63) is 83.6 Å². The molecule has 1 aliphatic heterocycles. The van der Waals surface area contributed by atoms with Crippen LogP contribution in [0.5, 0.6) is 0 Å². The molecule has 0 aromatic heterocycles. The largest absolute Gasteiger partial charge is 0.431 e. The van der Waals surface area contributed by atoms with E-state index < -0.39 is 0 Å². The first-order valence-corrected chi connectivity index (χ1v) is 6.35. The van der Waals surface area contributed by atoms with Gasteiger partial charge >= 0.3 is 5.97 Å². The molecule has 0 fully saturated rings. The summed E-state index contributed by atoms with van der Waals surface area (Å²) < 4.78 is 5.14. The molecule has 0 saturated carbocycles. The number of hydrogen-bond acceptors (Lipinski definition) is 2. The van der Waals surface area contributed by atoms with Gasteiger partial charge in [0.05, 0.1) is 11.8 Å². The van der Waals surface area contributed by atoms with Crippen LogP contribution in [-0.4, -0.2) is 5.97 Å². The van der Waals surface area contributed by atoms with Gasteiger partial charge < -0.3 is 4.74 Å². The summed E-state index contributed by atoms with van der Waals surface area (Å²) in [5.74, 6) is -0.0474. The van der Waals surface area contributed by atoms with Gasteiger partial charge in [-0.25, -0.2) is 4.79 Å². The fraction of sp³-hybridized carbons (Fsp3) is 0.118. The Hall–Kier alpha value is -2.35. The number of ether oxygens (including phenoxy) is 1. The second kappa shape index (κ2) is 5.11.